The maximum Gasteiger partial charge on any atom is 0.283 e. The molecule has 2 aromatic heterocycles. The summed E-state index contributed by atoms with van der Waals surface area (Å²) >= 11 is 6.61. The van der Waals surface area contributed by atoms with Crippen LogP contribution in [-0.2, 0) is 23.2 Å². The van der Waals surface area contributed by atoms with Crippen LogP contribution in [0.3, 0.4) is 0 Å². The topological polar surface area (TPSA) is 103 Å². The number of carbonyl (C=O) groups is 1. The van der Waals surface area contributed by atoms with Crippen LogP contribution >= 0.6 is 11.6 Å². The third-order valence-electron chi connectivity index (χ3n) is 6.17. The van der Waals surface area contributed by atoms with Crippen molar-refractivity contribution in [1.29, 1.82) is 0 Å². The van der Waals surface area contributed by atoms with Gasteiger partial charge in [0.05, 0.1) is 11.4 Å². The summed E-state index contributed by atoms with van der Waals surface area (Å²) in [7, 11) is -4.05. The Morgan fingerprint density at radius 1 is 0.949 bits per heavy atom. The van der Waals surface area contributed by atoms with E-state index in [1.807, 2.05) is 66.9 Å². The highest BCUT2D eigenvalue weighted by atomic mass is 35.5. The van der Waals surface area contributed by atoms with Gasteiger partial charge in [-0.2, -0.15) is 0 Å². The highest BCUT2D eigenvalue weighted by Crippen LogP contribution is 2.23. The van der Waals surface area contributed by atoms with E-state index in [1.165, 1.54) is 18.2 Å². The van der Waals surface area contributed by atoms with Crippen molar-refractivity contribution in [3.8, 4) is 5.75 Å². The first-order valence-corrected chi connectivity index (χ1v) is 14.0. The molecule has 39 heavy (non-hydrogen) atoms. The average Bonchev–Trinajstić information content (AvgIpc) is 3.23. The highest BCUT2D eigenvalue weighted by Gasteiger charge is 2.21. The van der Waals surface area contributed by atoms with E-state index >= 15 is 0 Å². The van der Waals surface area contributed by atoms with E-state index in [-0.39, 0.29) is 10.6 Å². The normalized spacial score (nSPS) is 11.5. The molecule has 0 atom stereocenters. The minimum absolute atomic E-state index is 0.00401. The summed E-state index contributed by atoms with van der Waals surface area (Å²) in [6, 6.07) is 24.6. The van der Waals surface area contributed by atoms with Crippen LogP contribution < -0.4 is 9.46 Å². The van der Waals surface area contributed by atoms with E-state index in [4.69, 9.17) is 16.3 Å². The number of halogens is 1. The van der Waals surface area contributed by atoms with Crippen molar-refractivity contribution in [2.45, 2.75) is 31.9 Å². The van der Waals surface area contributed by atoms with Crippen LogP contribution in [0.15, 0.2) is 89.8 Å². The standard InChI is InChI=1S/C29H25ClN4O4S/c1-19-8-12-24(13-9-19)39(36,37)33-29(35)27-15-14-26-28(32-27)34(20(2)31-26)17-22-11-10-21(16-25(22)30)18-38-23-6-4-3-5-7-23/h3-16H,17-18H2,1-2H3,(H,33,35). The fourth-order valence-corrected chi connectivity index (χ4v) is 5.27. The summed E-state index contributed by atoms with van der Waals surface area (Å²) in [6.07, 6.45) is 0. The van der Waals surface area contributed by atoms with Crippen molar-refractivity contribution >= 4 is 38.7 Å². The molecule has 0 fully saturated rings. The second kappa shape index (κ2) is 10.9. The fourth-order valence-electron chi connectivity index (χ4n) is 4.04. The van der Waals surface area contributed by atoms with Crippen LogP contribution in [0.4, 0.5) is 0 Å². The van der Waals surface area contributed by atoms with Gasteiger partial charge < -0.3 is 9.30 Å². The van der Waals surface area contributed by atoms with Crippen molar-refractivity contribution < 1.29 is 17.9 Å². The Bertz CT molecular complexity index is 1770. The molecule has 0 aliphatic rings. The Balaban J connectivity index is 1.36. The van der Waals surface area contributed by atoms with Gasteiger partial charge in [-0.25, -0.2) is 23.1 Å². The summed E-state index contributed by atoms with van der Waals surface area (Å²) in [4.78, 5) is 21.8. The number of sulfonamides is 1. The third kappa shape index (κ3) is 5.94. The molecular formula is C29H25ClN4O4S. The SMILES string of the molecule is Cc1ccc(S(=O)(=O)NC(=O)c2ccc3nc(C)n(Cc4ccc(COc5ccccc5)cc4Cl)c3n2)cc1. The summed E-state index contributed by atoms with van der Waals surface area (Å²) in [6.45, 7) is 4.42. The molecule has 0 saturated carbocycles. The molecule has 1 amide bonds. The van der Waals surface area contributed by atoms with E-state index in [9.17, 15) is 13.2 Å². The zero-order valence-corrected chi connectivity index (χ0v) is 22.8. The van der Waals surface area contributed by atoms with Gasteiger partial charge in [-0.15, -0.1) is 0 Å². The van der Waals surface area contributed by atoms with Crippen molar-refractivity contribution in [3.63, 3.8) is 0 Å². The summed E-state index contributed by atoms with van der Waals surface area (Å²) in [5.74, 6) is 0.620. The largest absolute Gasteiger partial charge is 0.489 e. The lowest BCUT2D eigenvalue weighted by molar-refractivity contribution is 0.0977. The summed E-state index contributed by atoms with van der Waals surface area (Å²) in [5, 5.41) is 0.559. The molecule has 1 N–H and O–H groups in total. The van der Waals surface area contributed by atoms with Crippen LogP contribution in [0.25, 0.3) is 11.2 Å². The molecule has 0 spiro atoms. The van der Waals surface area contributed by atoms with Gasteiger partial charge in [0.15, 0.2) is 5.65 Å². The lowest BCUT2D eigenvalue weighted by Crippen LogP contribution is -2.31. The number of rotatable bonds is 8. The number of pyridine rings is 1. The predicted octanol–water partition coefficient (Wildman–Crippen LogP) is 5.45. The number of nitrogens with one attached hydrogen (secondary N) is 1. The number of imidazole rings is 1. The molecule has 0 aliphatic heterocycles. The van der Waals surface area contributed by atoms with Crippen LogP contribution in [-0.4, -0.2) is 28.9 Å². The molecule has 0 aliphatic carbocycles. The van der Waals surface area contributed by atoms with Crippen molar-refractivity contribution in [1.82, 2.24) is 19.3 Å². The van der Waals surface area contributed by atoms with Gasteiger partial charge in [0, 0.05) is 5.02 Å². The zero-order valence-electron chi connectivity index (χ0n) is 21.3. The number of aryl methyl sites for hydroxylation is 2. The molecule has 5 aromatic rings. The minimum atomic E-state index is -4.05. The molecular weight excluding hydrogens is 536 g/mol. The second-order valence-corrected chi connectivity index (χ2v) is 11.1. The van der Waals surface area contributed by atoms with Gasteiger partial charge >= 0.3 is 0 Å². The Labute approximate surface area is 231 Å². The first-order valence-electron chi connectivity index (χ1n) is 12.1. The van der Waals surface area contributed by atoms with E-state index in [1.54, 1.807) is 18.2 Å². The first-order chi connectivity index (χ1) is 18.7. The number of para-hydroxylation sites is 1. The lowest BCUT2D eigenvalue weighted by atomic mass is 10.1. The van der Waals surface area contributed by atoms with Crippen LogP contribution in [0, 0.1) is 13.8 Å². The Morgan fingerprint density at radius 2 is 1.69 bits per heavy atom. The molecule has 2 heterocycles. The number of amides is 1. The number of nitrogens with zero attached hydrogens (tertiary/aromatic N) is 3. The fraction of sp³-hybridized carbons (Fsp3) is 0.138. The summed E-state index contributed by atoms with van der Waals surface area (Å²) in [5.41, 5.74) is 3.65. The maximum atomic E-state index is 12.9. The molecule has 10 heteroatoms. The van der Waals surface area contributed by atoms with Crippen LogP contribution in [0.1, 0.15) is 33.0 Å². The molecule has 0 radical (unpaired) electrons. The van der Waals surface area contributed by atoms with Crippen LogP contribution in [0.2, 0.25) is 5.02 Å². The van der Waals surface area contributed by atoms with E-state index < -0.39 is 15.9 Å². The van der Waals surface area contributed by atoms with E-state index in [0.29, 0.717) is 35.2 Å². The first kappa shape index (κ1) is 26.4. The average molecular weight is 561 g/mol. The van der Waals surface area contributed by atoms with Gasteiger partial charge in [-0.1, -0.05) is 59.6 Å². The molecule has 5 rings (SSSR count). The van der Waals surface area contributed by atoms with Crippen molar-refractivity contribution in [2.75, 3.05) is 0 Å². The Kier molecular flexibility index (Phi) is 7.36. The Hall–Kier alpha value is -4.21. The molecule has 8 nitrogen and oxygen atoms in total. The van der Waals surface area contributed by atoms with Gasteiger partial charge in [0.2, 0.25) is 0 Å². The zero-order chi connectivity index (χ0) is 27.6. The number of benzene rings is 3. The molecule has 0 unspecified atom stereocenters. The van der Waals surface area contributed by atoms with Crippen molar-refractivity contribution in [2.24, 2.45) is 0 Å². The minimum Gasteiger partial charge on any atom is -0.489 e. The number of hydrogen-bond donors (Lipinski definition) is 1. The van der Waals surface area contributed by atoms with E-state index in [2.05, 4.69) is 14.7 Å². The smallest absolute Gasteiger partial charge is 0.283 e. The molecule has 198 valence electrons. The van der Waals surface area contributed by atoms with E-state index in [0.717, 1.165) is 22.4 Å². The number of aromatic nitrogens is 3. The lowest BCUT2D eigenvalue weighted by Gasteiger charge is -2.11. The monoisotopic (exact) mass is 560 g/mol. The second-order valence-electron chi connectivity index (χ2n) is 9.06. The van der Waals surface area contributed by atoms with Gasteiger partial charge in [-0.05, 0) is 67.4 Å². The molecule has 0 saturated heterocycles. The quantitative estimate of drug-likeness (QED) is 0.271. The van der Waals surface area contributed by atoms with Gasteiger partial charge in [0.25, 0.3) is 15.9 Å². The predicted molar refractivity (Wildman–Crippen MR) is 149 cm³/mol. The Morgan fingerprint density at radius 3 is 2.41 bits per heavy atom. The van der Waals surface area contributed by atoms with Crippen LogP contribution in [0.5, 0.6) is 5.75 Å². The number of fused-ring (bicyclic) bond motifs is 1. The third-order valence-corrected chi connectivity index (χ3v) is 7.87. The highest BCUT2D eigenvalue weighted by molar-refractivity contribution is 7.90. The number of carbonyl (C=O) groups excluding carboxylic acids is 1. The van der Waals surface area contributed by atoms with Crippen molar-refractivity contribution in [3.05, 3.63) is 118 Å². The summed E-state index contributed by atoms with van der Waals surface area (Å²) < 4.78 is 35.1. The maximum absolute atomic E-state index is 12.9. The molecule has 3 aromatic carbocycles. The van der Waals surface area contributed by atoms with Gasteiger partial charge in [-0.3, -0.25) is 4.79 Å². The number of hydrogen-bond acceptors (Lipinski definition) is 6. The number of ether oxygens (including phenoxy) is 1. The van der Waals surface area contributed by atoms with Gasteiger partial charge in [0.1, 0.15) is 29.4 Å². The molecule has 0 bridgehead atoms.